The summed E-state index contributed by atoms with van der Waals surface area (Å²) in [6.07, 6.45) is 4.24. The molecule has 27 heavy (non-hydrogen) atoms. The highest BCUT2D eigenvalue weighted by molar-refractivity contribution is 6.31. The largest absolute Gasteiger partial charge is 0.496 e. The highest BCUT2D eigenvalue weighted by Gasteiger charge is 2.32. The van der Waals surface area contributed by atoms with Crippen molar-refractivity contribution in [3.8, 4) is 5.75 Å². The predicted molar refractivity (Wildman–Crippen MR) is 107 cm³/mol. The van der Waals surface area contributed by atoms with Crippen LogP contribution in [0, 0.1) is 5.92 Å². The second-order valence-electron chi connectivity index (χ2n) is 6.80. The number of ether oxygens (including phenoxy) is 1. The number of para-hydroxylation sites is 2. The first-order valence-electron chi connectivity index (χ1n) is 9.00. The average molecular weight is 382 g/mol. The summed E-state index contributed by atoms with van der Waals surface area (Å²) in [6.45, 7) is 0. The van der Waals surface area contributed by atoms with E-state index in [1.165, 1.54) is 0 Å². The molecule has 2 atom stereocenters. The second kappa shape index (κ2) is 7.53. The van der Waals surface area contributed by atoms with Crippen LogP contribution in [-0.2, 0) is 0 Å². The molecule has 0 spiro atoms. The molecule has 2 aromatic carbocycles. The van der Waals surface area contributed by atoms with Gasteiger partial charge in [-0.3, -0.25) is 9.78 Å². The van der Waals surface area contributed by atoms with Gasteiger partial charge in [0.25, 0.3) is 0 Å². The molecule has 1 aliphatic carbocycles. The fourth-order valence-electron chi connectivity index (χ4n) is 3.68. The van der Waals surface area contributed by atoms with Gasteiger partial charge in [-0.15, -0.1) is 0 Å². The Hall–Kier alpha value is -2.66. The summed E-state index contributed by atoms with van der Waals surface area (Å²) in [5.41, 5.74) is 2.29. The highest BCUT2D eigenvalue weighted by atomic mass is 35.5. The Morgan fingerprint density at radius 2 is 2.00 bits per heavy atom. The number of fused-ring (bicyclic) bond motifs is 1. The smallest absolute Gasteiger partial charge is 0.169 e. The van der Waals surface area contributed by atoms with Crippen molar-refractivity contribution in [3.05, 3.63) is 59.2 Å². The lowest BCUT2D eigenvalue weighted by Crippen LogP contribution is -2.19. The Balaban J connectivity index is 1.46. The standard InChI is InChI=1S/C21H20ClN3O2/c1-27-19-9-7-14(22)11-16(19)21(26)13-6-8-15(10-13)24-20-12-23-17-4-2-3-5-18(17)25-20/h2-5,7,9,11-13,15H,6,8,10H2,1H3,(H,24,25). The number of Topliss-reactive ketones (excluding diaryl/α,β-unsaturated/α-hetero) is 1. The minimum atomic E-state index is -0.0525. The summed E-state index contributed by atoms with van der Waals surface area (Å²) < 4.78 is 5.33. The van der Waals surface area contributed by atoms with E-state index in [4.69, 9.17) is 16.3 Å². The van der Waals surface area contributed by atoms with Crippen LogP contribution in [0.25, 0.3) is 11.0 Å². The zero-order valence-corrected chi connectivity index (χ0v) is 15.7. The SMILES string of the molecule is COc1ccc(Cl)cc1C(=O)C1CCC(Nc2cnc3ccccc3n2)C1. The summed E-state index contributed by atoms with van der Waals surface area (Å²) in [5, 5.41) is 3.97. The van der Waals surface area contributed by atoms with Crippen molar-refractivity contribution in [2.75, 3.05) is 12.4 Å². The van der Waals surface area contributed by atoms with Crippen molar-refractivity contribution in [1.29, 1.82) is 0 Å². The van der Waals surface area contributed by atoms with Gasteiger partial charge in [-0.1, -0.05) is 23.7 Å². The minimum absolute atomic E-state index is 0.0525. The number of carbonyl (C=O) groups excluding carboxylic acids is 1. The van der Waals surface area contributed by atoms with Crippen molar-refractivity contribution in [2.45, 2.75) is 25.3 Å². The van der Waals surface area contributed by atoms with Crippen LogP contribution in [0.4, 0.5) is 5.82 Å². The first kappa shape index (κ1) is 17.7. The number of methoxy groups -OCH3 is 1. The molecule has 2 unspecified atom stereocenters. The Morgan fingerprint density at radius 3 is 2.81 bits per heavy atom. The molecule has 1 fully saturated rings. The maximum absolute atomic E-state index is 13.0. The van der Waals surface area contributed by atoms with Crippen LogP contribution >= 0.6 is 11.6 Å². The summed E-state index contributed by atoms with van der Waals surface area (Å²) in [7, 11) is 1.57. The molecule has 0 aliphatic heterocycles. The lowest BCUT2D eigenvalue weighted by molar-refractivity contribution is 0.0919. The molecule has 4 rings (SSSR count). The molecule has 5 nitrogen and oxygen atoms in total. The lowest BCUT2D eigenvalue weighted by Gasteiger charge is -2.15. The van der Waals surface area contributed by atoms with E-state index >= 15 is 0 Å². The number of hydrogen-bond acceptors (Lipinski definition) is 5. The van der Waals surface area contributed by atoms with Crippen molar-refractivity contribution in [2.24, 2.45) is 5.92 Å². The molecule has 0 saturated heterocycles. The third kappa shape index (κ3) is 3.74. The van der Waals surface area contributed by atoms with Crippen LogP contribution in [0.1, 0.15) is 29.6 Å². The van der Waals surface area contributed by atoms with Gasteiger partial charge in [-0.25, -0.2) is 4.98 Å². The number of carbonyl (C=O) groups is 1. The molecule has 0 amide bonds. The quantitative estimate of drug-likeness (QED) is 0.646. The van der Waals surface area contributed by atoms with Crippen molar-refractivity contribution in [1.82, 2.24) is 9.97 Å². The number of hydrogen-bond donors (Lipinski definition) is 1. The summed E-state index contributed by atoms with van der Waals surface area (Å²) in [6, 6.07) is 13.1. The van der Waals surface area contributed by atoms with E-state index in [2.05, 4.69) is 15.3 Å². The van der Waals surface area contributed by atoms with Crippen LogP contribution in [0.15, 0.2) is 48.7 Å². The molecular weight excluding hydrogens is 362 g/mol. The minimum Gasteiger partial charge on any atom is -0.496 e. The summed E-state index contributed by atoms with van der Waals surface area (Å²) in [4.78, 5) is 22.0. The van der Waals surface area contributed by atoms with Gasteiger partial charge in [0, 0.05) is 17.0 Å². The average Bonchev–Trinajstić information content (AvgIpc) is 3.15. The van der Waals surface area contributed by atoms with Crippen LogP contribution in [0.5, 0.6) is 5.75 Å². The third-order valence-corrected chi connectivity index (χ3v) is 5.27. The first-order valence-corrected chi connectivity index (χ1v) is 9.38. The lowest BCUT2D eigenvalue weighted by atomic mass is 9.95. The fraction of sp³-hybridized carbons (Fsp3) is 0.286. The monoisotopic (exact) mass is 381 g/mol. The molecule has 1 saturated carbocycles. The summed E-state index contributed by atoms with van der Waals surface area (Å²) in [5.74, 6) is 1.35. The van der Waals surface area contributed by atoms with Gasteiger partial charge in [0.05, 0.1) is 29.9 Å². The van der Waals surface area contributed by atoms with Crippen LogP contribution in [0.3, 0.4) is 0 Å². The predicted octanol–water partition coefficient (Wildman–Crippen LogP) is 4.76. The van der Waals surface area contributed by atoms with Crippen molar-refractivity contribution >= 4 is 34.2 Å². The zero-order valence-electron chi connectivity index (χ0n) is 15.0. The van der Waals surface area contributed by atoms with Gasteiger partial charge in [-0.05, 0) is 49.6 Å². The molecule has 0 radical (unpaired) electrons. The number of ketones is 1. The van der Waals surface area contributed by atoms with Crippen molar-refractivity contribution < 1.29 is 9.53 Å². The zero-order chi connectivity index (χ0) is 18.8. The molecule has 1 aromatic heterocycles. The number of rotatable bonds is 5. The van der Waals surface area contributed by atoms with Gasteiger partial charge in [0.2, 0.25) is 0 Å². The van der Waals surface area contributed by atoms with E-state index in [1.807, 2.05) is 24.3 Å². The van der Waals surface area contributed by atoms with E-state index in [-0.39, 0.29) is 17.7 Å². The molecule has 0 bridgehead atoms. The maximum Gasteiger partial charge on any atom is 0.169 e. The number of halogens is 1. The Labute approximate surface area is 162 Å². The van der Waals surface area contributed by atoms with E-state index in [0.29, 0.717) is 16.3 Å². The van der Waals surface area contributed by atoms with E-state index in [0.717, 1.165) is 36.1 Å². The number of nitrogens with zero attached hydrogens (tertiary/aromatic N) is 2. The molecule has 138 valence electrons. The molecule has 1 aliphatic rings. The Morgan fingerprint density at radius 1 is 1.19 bits per heavy atom. The summed E-state index contributed by atoms with van der Waals surface area (Å²) >= 11 is 6.07. The van der Waals surface area contributed by atoms with Gasteiger partial charge in [0.15, 0.2) is 5.78 Å². The van der Waals surface area contributed by atoms with Crippen LogP contribution < -0.4 is 10.1 Å². The Kier molecular flexibility index (Phi) is 4.94. The van der Waals surface area contributed by atoms with E-state index in [1.54, 1.807) is 31.5 Å². The number of benzene rings is 2. The van der Waals surface area contributed by atoms with Crippen LogP contribution in [-0.4, -0.2) is 28.9 Å². The number of aromatic nitrogens is 2. The van der Waals surface area contributed by atoms with Gasteiger partial charge >= 0.3 is 0 Å². The molecule has 6 heteroatoms. The number of anilines is 1. The molecular formula is C21H20ClN3O2. The van der Waals surface area contributed by atoms with Gasteiger partial charge < -0.3 is 10.1 Å². The highest BCUT2D eigenvalue weighted by Crippen LogP contribution is 2.34. The second-order valence-corrected chi connectivity index (χ2v) is 7.24. The van der Waals surface area contributed by atoms with Gasteiger partial charge in [0.1, 0.15) is 11.6 Å². The van der Waals surface area contributed by atoms with Gasteiger partial charge in [-0.2, -0.15) is 0 Å². The van der Waals surface area contributed by atoms with Crippen molar-refractivity contribution in [3.63, 3.8) is 0 Å². The first-order chi connectivity index (χ1) is 13.1. The number of nitrogens with one attached hydrogen (secondary N) is 1. The molecule has 1 heterocycles. The normalized spacial score (nSPS) is 19.2. The fourth-order valence-corrected chi connectivity index (χ4v) is 3.85. The van der Waals surface area contributed by atoms with Crippen LogP contribution in [0.2, 0.25) is 5.02 Å². The topological polar surface area (TPSA) is 64.1 Å². The van der Waals surface area contributed by atoms with E-state index in [9.17, 15) is 4.79 Å². The maximum atomic E-state index is 13.0. The molecule has 3 aromatic rings. The Bertz CT molecular complexity index is 992. The van der Waals surface area contributed by atoms with E-state index < -0.39 is 0 Å². The third-order valence-electron chi connectivity index (χ3n) is 5.03. The molecule has 1 N–H and O–H groups in total.